The van der Waals surface area contributed by atoms with Gasteiger partial charge < -0.3 is 10.1 Å². The molecule has 1 unspecified atom stereocenters. The minimum absolute atomic E-state index is 0.0823. The monoisotopic (exact) mass is 480 g/mol. The number of hydrogen-bond donors (Lipinski definition) is 2. The maximum absolute atomic E-state index is 12.9. The summed E-state index contributed by atoms with van der Waals surface area (Å²) in [4.78, 5) is 12.5. The standard InChI is InChI=1S/C25H21ClN2O4S/c1-17(32-21-13-9-19(26)10-14-21)25(29)27-20-11-15-22(16-12-20)33(30,31)28-24-8-4-6-18-5-2-3-7-23(18)24/h2-17,28H,1H3,(H,27,29). The fraction of sp³-hybridized carbons (Fsp3) is 0.0800. The van der Waals surface area contributed by atoms with Crippen molar-refractivity contribution in [3.8, 4) is 5.75 Å². The zero-order valence-corrected chi connectivity index (χ0v) is 19.2. The molecule has 168 valence electrons. The Bertz CT molecular complexity index is 1380. The van der Waals surface area contributed by atoms with Crippen LogP contribution in [0.3, 0.4) is 0 Å². The van der Waals surface area contributed by atoms with E-state index in [1.165, 1.54) is 24.3 Å². The van der Waals surface area contributed by atoms with Crippen molar-refractivity contribution in [2.24, 2.45) is 0 Å². The number of carbonyl (C=O) groups excluding carboxylic acids is 1. The lowest BCUT2D eigenvalue weighted by Gasteiger charge is -2.15. The first-order valence-electron chi connectivity index (χ1n) is 10.2. The third kappa shape index (κ3) is 5.45. The van der Waals surface area contributed by atoms with Gasteiger partial charge in [-0.15, -0.1) is 0 Å². The first kappa shape index (κ1) is 22.6. The Morgan fingerprint density at radius 3 is 2.27 bits per heavy atom. The average molecular weight is 481 g/mol. The molecule has 0 radical (unpaired) electrons. The molecule has 4 aromatic carbocycles. The minimum Gasteiger partial charge on any atom is -0.481 e. The highest BCUT2D eigenvalue weighted by Gasteiger charge is 2.18. The van der Waals surface area contributed by atoms with Crippen molar-refractivity contribution in [2.75, 3.05) is 10.0 Å². The van der Waals surface area contributed by atoms with Crippen LogP contribution < -0.4 is 14.8 Å². The van der Waals surface area contributed by atoms with E-state index >= 15 is 0 Å². The fourth-order valence-electron chi connectivity index (χ4n) is 3.25. The van der Waals surface area contributed by atoms with Crippen molar-refractivity contribution in [3.63, 3.8) is 0 Å². The summed E-state index contributed by atoms with van der Waals surface area (Å²) in [6.45, 7) is 1.62. The quantitative estimate of drug-likeness (QED) is 0.355. The van der Waals surface area contributed by atoms with Crippen LogP contribution in [0.1, 0.15) is 6.92 Å². The molecule has 0 aliphatic carbocycles. The second-order valence-corrected chi connectivity index (χ2v) is 9.48. The molecule has 0 aromatic heterocycles. The van der Waals surface area contributed by atoms with E-state index in [-0.39, 0.29) is 10.8 Å². The van der Waals surface area contributed by atoms with Gasteiger partial charge in [0.05, 0.1) is 10.6 Å². The molecule has 0 fully saturated rings. The molecule has 4 rings (SSSR count). The van der Waals surface area contributed by atoms with Crippen molar-refractivity contribution in [1.29, 1.82) is 0 Å². The summed E-state index contributed by atoms with van der Waals surface area (Å²) in [6.07, 6.45) is -0.761. The smallest absolute Gasteiger partial charge is 0.265 e. The molecule has 1 atom stereocenters. The second kappa shape index (κ2) is 9.52. The van der Waals surface area contributed by atoms with Gasteiger partial charge in [-0.3, -0.25) is 9.52 Å². The molecule has 0 aliphatic heterocycles. The summed E-state index contributed by atoms with van der Waals surface area (Å²) in [5, 5.41) is 5.04. The van der Waals surface area contributed by atoms with E-state index in [0.717, 1.165) is 10.8 Å². The van der Waals surface area contributed by atoms with Crippen LogP contribution in [0.5, 0.6) is 5.75 Å². The topological polar surface area (TPSA) is 84.5 Å². The van der Waals surface area contributed by atoms with E-state index < -0.39 is 16.1 Å². The lowest BCUT2D eigenvalue weighted by atomic mass is 10.1. The van der Waals surface area contributed by atoms with Gasteiger partial charge in [0.25, 0.3) is 15.9 Å². The Kier molecular flexibility index (Phi) is 6.53. The van der Waals surface area contributed by atoms with Gasteiger partial charge in [0.15, 0.2) is 6.10 Å². The number of hydrogen-bond acceptors (Lipinski definition) is 4. The number of ether oxygens (including phenoxy) is 1. The highest BCUT2D eigenvalue weighted by molar-refractivity contribution is 7.92. The van der Waals surface area contributed by atoms with Crippen molar-refractivity contribution in [3.05, 3.63) is 96.0 Å². The van der Waals surface area contributed by atoms with E-state index in [2.05, 4.69) is 10.0 Å². The fourth-order valence-corrected chi connectivity index (χ4v) is 4.46. The van der Waals surface area contributed by atoms with Gasteiger partial charge in [-0.25, -0.2) is 8.42 Å². The number of rotatable bonds is 7. The predicted octanol–water partition coefficient (Wildman–Crippen LogP) is 5.70. The van der Waals surface area contributed by atoms with Gasteiger partial charge in [-0.05, 0) is 66.9 Å². The van der Waals surface area contributed by atoms with Crippen LogP contribution in [-0.4, -0.2) is 20.4 Å². The molecule has 8 heteroatoms. The molecule has 0 saturated heterocycles. The molecule has 0 heterocycles. The number of anilines is 2. The Labute approximate surface area is 197 Å². The van der Waals surface area contributed by atoms with Crippen LogP contribution in [0.4, 0.5) is 11.4 Å². The number of halogens is 1. The largest absolute Gasteiger partial charge is 0.481 e. The second-order valence-electron chi connectivity index (χ2n) is 7.36. The molecular weight excluding hydrogens is 460 g/mol. The average Bonchev–Trinajstić information content (AvgIpc) is 2.81. The molecule has 0 spiro atoms. The van der Waals surface area contributed by atoms with E-state index in [0.29, 0.717) is 22.1 Å². The molecular formula is C25H21ClN2O4S. The number of nitrogens with one attached hydrogen (secondary N) is 2. The van der Waals surface area contributed by atoms with Crippen molar-refractivity contribution in [2.45, 2.75) is 17.9 Å². The summed E-state index contributed by atoms with van der Waals surface area (Å²) in [7, 11) is -3.81. The van der Waals surface area contributed by atoms with Crippen LogP contribution >= 0.6 is 11.6 Å². The molecule has 0 saturated carbocycles. The number of sulfonamides is 1. The summed E-state index contributed by atoms with van der Waals surface area (Å²) < 4.78 is 34.0. The highest BCUT2D eigenvalue weighted by Crippen LogP contribution is 2.26. The Hall–Kier alpha value is -3.55. The maximum Gasteiger partial charge on any atom is 0.265 e. The summed E-state index contributed by atoms with van der Waals surface area (Å²) in [6, 6.07) is 25.6. The lowest BCUT2D eigenvalue weighted by molar-refractivity contribution is -0.122. The van der Waals surface area contributed by atoms with Crippen LogP contribution in [0.15, 0.2) is 95.9 Å². The number of carbonyl (C=O) groups is 1. The van der Waals surface area contributed by atoms with Crippen molar-refractivity contribution in [1.82, 2.24) is 0 Å². The highest BCUT2D eigenvalue weighted by atomic mass is 35.5. The van der Waals surface area contributed by atoms with Crippen LogP contribution in [0, 0.1) is 0 Å². The van der Waals surface area contributed by atoms with Crippen molar-refractivity contribution >= 4 is 49.7 Å². The maximum atomic E-state index is 12.9. The Morgan fingerprint density at radius 1 is 0.879 bits per heavy atom. The molecule has 6 nitrogen and oxygen atoms in total. The molecule has 33 heavy (non-hydrogen) atoms. The van der Waals surface area contributed by atoms with Gasteiger partial charge >= 0.3 is 0 Å². The van der Waals surface area contributed by atoms with Gasteiger partial charge in [-0.1, -0.05) is 48.0 Å². The van der Waals surface area contributed by atoms with E-state index in [1.807, 2.05) is 30.3 Å². The van der Waals surface area contributed by atoms with E-state index in [1.54, 1.807) is 43.3 Å². The minimum atomic E-state index is -3.81. The normalized spacial score (nSPS) is 12.2. The Morgan fingerprint density at radius 2 is 1.55 bits per heavy atom. The first-order valence-corrected chi connectivity index (χ1v) is 12.0. The third-order valence-electron chi connectivity index (χ3n) is 4.96. The molecule has 0 aliphatic rings. The van der Waals surface area contributed by atoms with Crippen LogP contribution in [0.2, 0.25) is 5.02 Å². The van der Waals surface area contributed by atoms with E-state index in [9.17, 15) is 13.2 Å². The Balaban J connectivity index is 1.43. The summed E-state index contributed by atoms with van der Waals surface area (Å²) in [5.74, 6) is 0.150. The zero-order valence-electron chi connectivity index (χ0n) is 17.7. The predicted molar refractivity (Wildman–Crippen MR) is 131 cm³/mol. The van der Waals surface area contributed by atoms with E-state index in [4.69, 9.17) is 16.3 Å². The van der Waals surface area contributed by atoms with Gasteiger partial charge in [-0.2, -0.15) is 0 Å². The third-order valence-corrected chi connectivity index (χ3v) is 6.60. The number of amides is 1. The SMILES string of the molecule is CC(Oc1ccc(Cl)cc1)C(=O)Nc1ccc(S(=O)(=O)Nc2cccc3ccccc23)cc1. The van der Waals surface area contributed by atoms with Gasteiger partial charge in [0.2, 0.25) is 0 Å². The zero-order chi connectivity index (χ0) is 23.4. The molecule has 1 amide bonds. The molecule has 0 bridgehead atoms. The molecule has 4 aromatic rings. The van der Waals surface area contributed by atoms with Crippen LogP contribution in [0.25, 0.3) is 10.8 Å². The number of fused-ring (bicyclic) bond motifs is 1. The summed E-state index contributed by atoms with van der Waals surface area (Å²) in [5.41, 5.74) is 0.953. The first-order chi connectivity index (χ1) is 15.8. The lowest BCUT2D eigenvalue weighted by Crippen LogP contribution is -2.30. The van der Waals surface area contributed by atoms with Gasteiger partial charge in [0.1, 0.15) is 5.75 Å². The number of benzene rings is 4. The van der Waals surface area contributed by atoms with Crippen molar-refractivity contribution < 1.29 is 17.9 Å². The van der Waals surface area contributed by atoms with Gasteiger partial charge in [0, 0.05) is 16.1 Å². The summed E-state index contributed by atoms with van der Waals surface area (Å²) >= 11 is 5.85. The van der Waals surface area contributed by atoms with Crippen LogP contribution in [-0.2, 0) is 14.8 Å². The molecule has 2 N–H and O–H groups in total.